The molecule has 0 amide bonds. The number of hydrogen-bond donors (Lipinski definition) is 1. The summed E-state index contributed by atoms with van der Waals surface area (Å²) in [6, 6.07) is 8.88. The average molecular weight is 189 g/mol. The molecule has 1 aliphatic carbocycles. The first-order valence-corrected chi connectivity index (χ1v) is 5.64. The summed E-state index contributed by atoms with van der Waals surface area (Å²) < 4.78 is 0. The minimum atomic E-state index is 0.833. The van der Waals surface area contributed by atoms with E-state index in [1.165, 1.54) is 31.2 Å². The van der Waals surface area contributed by atoms with Gasteiger partial charge >= 0.3 is 0 Å². The Hall–Kier alpha value is -0.820. The van der Waals surface area contributed by atoms with Crippen molar-refractivity contribution < 1.29 is 0 Å². The Balaban J connectivity index is 2.21. The maximum absolute atomic E-state index is 3.25. The third-order valence-corrected chi connectivity index (χ3v) is 3.22. The normalized spacial score (nSPS) is 17.5. The first-order chi connectivity index (χ1) is 6.92. The maximum Gasteiger partial charge on any atom is 0.0205 e. The lowest BCUT2D eigenvalue weighted by molar-refractivity contribution is 0.698. The summed E-state index contributed by atoms with van der Waals surface area (Å²) in [5, 5.41) is 3.25. The summed E-state index contributed by atoms with van der Waals surface area (Å²) in [5.74, 6) is 0.833. The predicted molar refractivity (Wildman–Crippen MR) is 60.4 cm³/mol. The predicted octanol–water partition coefficient (Wildman–Crippen LogP) is 3.06. The van der Waals surface area contributed by atoms with Gasteiger partial charge in [0.25, 0.3) is 0 Å². The number of rotatable bonds is 3. The lowest BCUT2D eigenvalue weighted by atomic mass is 9.93. The van der Waals surface area contributed by atoms with Crippen molar-refractivity contribution in [2.24, 2.45) is 0 Å². The molecule has 0 saturated heterocycles. The summed E-state index contributed by atoms with van der Waals surface area (Å²) in [6.07, 6.45) is 5.61. The van der Waals surface area contributed by atoms with Gasteiger partial charge in [-0.1, -0.05) is 37.1 Å². The SMILES string of the molecule is CNCc1ccccc1C1CCCC1. The van der Waals surface area contributed by atoms with Gasteiger partial charge in [0.15, 0.2) is 0 Å². The fraction of sp³-hybridized carbons (Fsp3) is 0.538. The summed E-state index contributed by atoms with van der Waals surface area (Å²) in [6.45, 7) is 1.01. The van der Waals surface area contributed by atoms with Crippen LogP contribution in [0.25, 0.3) is 0 Å². The molecule has 0 spiro atoms. The Labute approximate surface area is 86.5 Å². The molecule has 0 unspecified atom stereocenters. The van der Waals surface area contributed by atoms with Crippen LogP contribution in [0.5, 0.6) is 0 Å². The van der Waals surface area contributed by atoms with Crippen molar-refractivity contribution in [3.63, 3.8) is 0 Å². The minimum absolute atomic E-state index is 0.833. The van der Waals surface area contributed by atoms with E-state index in [9.17, 15) is 0 Å². The second-order valence-corrected chi connectivity index (χ2v) is 4.21. The Morgan fingerprint density at radius 1 is 1.21 bits per heavy atom. The van der Waals surface area contributed by atoms with E-state index >= 15 is 0 Å². The van der Waals surface area contributed by atoms with E-state index in [1.54, 1.807) is 5.56 Å². The third-order valence-electron chi connectivity index (χ3n) is 3.22. The Kier molecular flexibility index (Phi) is 3.20. The molecular formula is C13H19N. The second-order valence-electron chi connectivity index (χ2n) is 4.21. The monoisotopic (exact) mass is 189 g/mol. The molecule has 1 N–H and O–H groups in total. The topological polar surface area (TPSA) is 12.0 Å². The molecule has 0 atom stereocenters. The molecule has 1 aromatic rings. The van der Waals surface area contributed by atoms with Gasteiger partial charge < -0.3 is 5.32 Å². The summed E-state index contributed by atoms with van der Waals surface area (Å²) in [5.41, 5.74) is 3.07. The molecule has 14 heavy (non-hydrogen) atoms. The zero-order chi connectivity index (χ0) is 9.80. The number of benzene rings is 1. The molecule has 0 heterocycles. The molecule has 1 fully saturated rings. The van der Waals surface area contributed by atoms with Crippen molar-refractivity contribution in [2.75, 3.05) is 7.05 Å². The van der Waals surface area contributed by atoms with E-state index in [-0.39, 0.29) is 0 Å². The first-order valence-electron chi connectivity index (χ1n) is 5.64. The highest BCUT2D eigenvalue weighted by atomic mass is 14.8. The standard InChI is InChI=1S/C13H19N/c1-14-10-12-8-4-5-9-13(12)11-6-2-3-7-11/h4-5,8-9,11,14H,2-3,6-7,10H2,1H3. The highest BCUT2D eigenvalue weighted by molar-refractivity contribution is 5.30. The fourth-order valence-corrected chi connectivity index (χ4v) is 2.52. The van der Waals surface area contributed by atoms with Crippen molar-refractivity contribution in [3.8, 4) is 0 Å². The van der Waals surface area contributed by atoms with E-state index in [0.717, 1.165) is 12.5 Å². The highest BCUT2D eigenvalue weighted by Crippen LogP contribution is 2.35. The second kappa shape index (κ2) is 4.61. The molecule has 76 valence electrons. The van der Waals surface area contributed by atoms with Crippen LogP contribution in [0, 0.1) is 0 Å². The lowest BCUT2D eigenvalue weighted by Gasteiger charge is -2.14. The van der Waals surface area contributed by atoms with Crippen LogP contribution in [0.15, 0.2) is 24.3 Å². The maximum atomic E-state index is 3.25. The zero-order valence-electron chi connectivity index (χ0n) is 8.92. The van der Waals surface area contributed by atoms with Crippen molar-refractivity contribution in [1.29, 1.82) is 0 Å². The molecule has 1 aromatic carbocycles. The smallest absolute Gasteiger partial charge is 0.0205 e. The van der Waals surface area contributed by atoms with Crippen molar-refractivity contribution in [2.45, 2.75) is 38.1 Å². The van der Waals surface area contributed by atoms with Gasteiger partial charge in [0, 0.05) is 6.54 Å². The molecule has 2 rings (SSSR count). The van der Waals surface area contributed by atoms with Gasteiger partial charge in [-0.15, -0.1) is 0 Å². The summed E-state index contributed by atoms with van der Waals surface area (Å²) in [7, 11) is 2.02. The van der Waals surface area contributed by atoms with Crippen molar-refractivity contribution in [1.82, 2.24) is 5.32 Å². The lowest BCUT2D eigenvalue weighted by Crippen LogP contribution is -2.09. The molecule has 1 saturated carbocycles. The molecule has 0 aliphatic heterocycles. The van der Waals surface area contributed by atoms with Crippen LogP contribution in [0.1, 0.15) is 42.7 Å². The highest BCUT2D eigenvalue weighted by Gasteiger charge is 2.18. The van der Waals surface area contributed by atoms with E-state index in [2.05, 4.69) is 29.6 Å². The molecule has 1 aliphatic rings. The van der Waals surface area contributed by atoms with Gasteiger partial charge in [0.05, 0.1) is 0 Å². The molecule has 1 heteroatoms. The average Bonchev–Trinajstić information content (AvgIpc) is 2.72. The zero-order valence-corrected chi connectivity index (χ0v) is 8.92. The Bertz CT molecular complexity index is 287. The summed E-state index contributed by atoms with van der Waals surface area (Å²) in [4.78, 5) is 0. The molecule has 1 nitrogen and oxygen atoms in total. The van der Waals surface area contributed by atoms with Gasteiger partial charge in [-0.25, -0.2) is 0 Å². The van der Waals surface area contributed by atoms with Crippen LogP contribution in [0.2, 0.25) is 0 Å². The van der Waals surface area contributed by atoms with E-state index in [0.29, 0.717) is 0 Å². The van der Waals surface area contributed by atoms with Crippen molar-refractivity contribution >= 4 is 0 Å². The molecule has 0 aromatic heterocycles. The van der Waals surface area contributed by atoms with Gasteiger partial charge in [-0.05, 0) is 36.9 Å². The van der Waals surface area contributed by atoms with E-state index in [1.807, 2.05) is 7.05 Å². The fourth-order valence-electron chi connectivity index (χ4n) is 2.52. The minimum Gasteiger partial charge on any atom is -0.316 e. The number of nitrogens with one attached hydrogen (secondary N) is 1. The molecule has 0 bridgehead atoms. The van der Waals surface area contributed by atoms with Gasteiger partial charge in [0.1, 0.15) is 0 Å². The van der Waals surface area contributed by atoms with E-state index in [4.69, 9.17) is 0 Å². The van der Waals surface area contributed by atoms with Crippen LogP contribution in [0.3, 0.4) is 0 Å². The van der Waals surface area contributed by atoms with Crippen LogP contribution in [-0.2, 0) is 6.54 Å². The van der Waals surface area contributed by atoms with Crippen LogP contribution < -0.4 is 5.32 Å². The first kappa shape index (κ1) is 9.72. The van der Waals surface area contributed by atoms with Gasteiger partial charge in [-0.2, -0.15) is 0 Å². The number of hydrogen-bond acceptors (Lipinski definition) is 1. The van der Waals surface area contributed by atoms with Gasteiger partial charge in [0.2, 0.25) is 0 Å². The van der Waals surface area contributed by atoms with Crippen LogP contribution in [-0.4, -0.2) is 7.05 Å². The van der Waals surface area contributed by atoms with Crippen LogP contribution >= 0.6 is 0 Å². The molecule has 0 radical (unpaired) electrons. The van der Waals surface area contributed by atoms with Gasteiger partial charge in [-0.3, -0.25) is 0 Å². The van der Waals surface area contributed by atoms with E-state index < -0.39 is 0 Å². The molecular weight excluding hydrogens is 170 g/mol. The summed E-state index contributed by atoms with van der Waals surface area (Å²) >= 11 is 0. The van der Waals surface area contributed by atoms with Crippen LogP contribution in [0.4, 0.5) is 0 Å². The Morgan fingerprint density at radius 2 is 1.93 bits per heavy atom. The van der Waals surface area contributed by atoms with Crippen molar-refractivity contribution in [3.05, 3.63) is 35.4 Å². The third kappa shape index (κ3) is 1.98. The Morgan fingerprint density at radius 3 is 2.64 bits per heavy atom. The largest absolute Gasteiger partial charge is 0.316 e. The quantitative estimate of drug-likeness (QED) is 0.770.